The Balaban J connectivity index is 1.43. The Hall–Kier alpha value is -2.12. The summed E-state index contributed by atoms with van der Waals surface area (Å²) in [6.07, 6.45) is 2.37. The molecule has 1 amide bonds. The van der Waals surface area contributed by atoms with Gasteiger partial charge in [-0.25, -0.2) is 0 Å². The molecule has 2 unspecified atom stereocenters. The topological polar surface area (TPSA) is 83.0 Å². The molecule has 4 rings (SSSR count). The summed E-state index contributed by atoms with van der Waals surface area (Å²) in [6.45, 7) is 5.61. The Bertz CT molecular complexity index is 741. The van der Waals surface area contributed by atoms with E-state index in [0.717, 1.165) is 31.0 Å². The van der Waals surface area contributed by atoms with Gasteiger partial charge in [-0.05, 0) is 24.5 Å². The summed E-state index contributed by atoms with van der Waals surface area (Å²) < 4.78 is 10.6. The Morgan fingerprint density at radius 3 is 2.96 bits per heavy atom. The first-order chi connectivity index (χ1) is 12.1. The van der Waals surface area contributed by atoms with Crippen molar-refractivity contribution in [3.8, 4) is 0 Å². The Morgan fingerprint density at radius 1 is 1.44 bits per heavy atom. The summed E-state index contributed by atoms with van der Waals surface area (Å²) >= 11 is 0. The fraction of sp³-hybridized carbons (Fsp3) is 0.556. The van der Waals surface area contributed by atoms with Crippen LogP contribution in [0, 0.1) is 11.3 Å². The van der Waals surface area contributed by atoms with Crippen molar-refractivity contribution in [3.05, 3.63) is 41.7 Å². The van der Waals surface area contributed by atoms with Gasteiger partial charge in [0.25, 0.3) is 5.91 Å². The zero-order valence-corrected chi connectivity index (χ0v) is 14.4. The van der Waals surface area contributed by atoms with E-state index in [2.05, 4.69) is 10.1 Å². The summed E-state index contributed by atoms with van der Waals surface area (Å²) in [7, 11) is 0. The third kappa shape index (κ3) is 2.87. The molecule has 4 heterocycles. The normalized spacial score (nSPS) is 26.3. The first kappa shape index (κ1) is 16.4. The molecule has 2 aliphatic heterocycles. The van der Waals surface area contributed by atoms with Gasteiger partial charge in [0.1, 0.15) is 0 Å². The maximum atomic E-state index is 12.5. The van der Waals surface area contributed by atoms with E-state index in [0.29, 0.717) is 25.4 Å². The molecule has 0 aromatic carbocycles. The molecule has 1 N–H and O–H groups in total. The molecule has 7 heteroatoms. The molecule has 2 aliphatic rings. The maximum Gasteiger partial charge on any atom is 0.289 e. The number of aromatic nitrogens is 1. The van der Waals surface area contributed by atoms with Gasteiger partial charge in [0.05, 0.1) is 25.1 Å². The number of hydrogen-bond acceptors (Lipinski definition) is 6. The zero-order chi connectivity index (χ0) is 17.4. The first-order valence-corrected chi connectivity index (χ1v) is 8.74. The summed E-state index contributed by atoms with van der Waals surface area (Å²) in [6, 6.07) is 5.39. The molecule has 7 nitrogen and oxygen atoms in total. The SMILES string of the molecule is CCc1cc(CN2CC3CN(C(=O)c4ccco4)CC3(CO)C2)on1. The average molecular weight is 345 g/mol. The molecule has 2 fully saturated rings. The molecular formula is C18H23N3O4. The number of nitrogens with zero attached hydrogens (tertiary/aromatic N) is 3. The lowest BCUT2D eigenvalue weighted by atomic mass is 9.82. The zero-order valence-electron chi connectivity index (χ0n) is 14.4. The van der Waals surface area contributed by atoms with E-state index in [1.807, 2.05) is 13.0 Å². The minimum Gasteiger partial charge on any atom is -0.459 e. The van der Waals surface area contributed by atoms with E-state index in [-0.39, 0.29) is 23.8 Å². The van der Waals surface area contributed by atoms with Gasteiger partial charge in [0.2, 0.25) is 0 Å². The molecule has 2 aromatic rings. The highest BCUT2D eigenvalue weighted by molar-refractivity contribution is 5.91. The van der Waals surface area contributed by atoms with Gasteiger partial charge in [0, 0.05) is 37.7 Å². The number of fused-ring (bicyclic) bond motifs is 1. The summed E-state index contributed by atoms with van der Waals surface area (Å²) in [5.74, 6) is 1.37. The molecule has 2 aromatic heterocycles. The molecule has 0 radical (unpaired) electrons. The van der Waals surface area contributed by atoms with Crippen LogP contribution in [-0.4, -0.2) is 58.8 Å². The lowest BCUT2D eigenvalue weighted by Gasteiger charge is -2.26. The predicted molar refractivity (Wildman–Crippen MR) is 88.8 cm³/mol. The van der Waals surface area contributed by atoms with Crippen molar-refractivity contribution < 1.29 is 18.8 Å². The number of aliphatic hydroxyl groups is 1. The fourth-order valence-electron chi connectivity index (χ4n) is 4.16. The number of likely N-dealkylation sites (tertiary alicyclic amines) is 2. The highest BCUT2D eigenvalue weighted by Gasteiger charge is 2.53. The number of furan rings is 1. The van der Waals surface area contributed by atoms with E-state index in [9.17, 15) is 9.90 Å². The van der Waals surface area contributed by atoms with Crippen molar-refractivity contribution in [3.63, 3.8) is 0 Å². The van der Waals surface area contributed by atoms with Crippen LogP contribution < -0.4 is 0 Å². The van der Waals surface area contributed by atoms with Gasteiger partial charge < -0.3 is 18.9 Å². The number of rotatable bonds is 5. The van der Waals surface area contributed by atoms with Crippen LogP contribution in [-0.2, 0) is 13.0 Å². The average Bonchev–Trinajstić information content (AvgIpc) is 3.37. The van der Waals surface area contributed by atoms with Crippen LogP contribution in [0.2, 0.25) is 0 Å². The molecule has 0 spiro atoms. The summed E-state index contributed by atoms with van der Waals surface area (Å²) in [5.41, 5.74) is 0.692. The van der Waals surface area contributed by atoms with Crippen molar-refractivity contribution in [2.24, 2.45) is 11.3 Å². The molecule has 0 saturated carbocycles. The number of carbonyl (C=O) groups excluding carboxylic acids is 1. The van der Waals surface area contributed by atoms with Crippen molar-refractivity contribution in [2.75, 3.05) is 32.8 Å². The van der Waals surface area contributed by atoms with E-state index in [1.165, 1.54) is 6.26 Å². The molecular weight excluding hydrogens is 322 g/mol. The van der Waals surface area contributed by atoms with Crippen molar-refractivity contribution in [1.29, 1.82) is 0 Å². The smallest absolute Gasteiger partial charge is 0.289 e. The highest BCUT2D eigenvalue weighted by atomic mass is 16.5. The summed E-state index contributed by atoms with van der Waals surface area (Å²) in [5, 5.41) is 14.1. The van der Waals surface area contributed by atoms with Gasteiger partial charge >= 0.3 is 0 Å². The molecule has 25 heavy (non-hydrogen) atoms. The lowest BCUT2D eigenvalue weighted by molar-refractivity contribution is 0.0686. The maximum absolute atomic E-state index is 12.5. The van der Waals surface area contributed by atoms with E-state index >= 15 is 0 Å². The molecule has 2 atom stereocenters. The van der Waals surface area contributed by atoms with E-state index in [4.69, 9.17) is 8.94 Å². The second kappa shape index (κ2) is 6.31. The number of aryl methyl sites for hydroxylation is 1. The molecule has 0 aliphatic carbocycles. The Kier molecular flexibility index (Phi) is 4.13. The number of carbonyl (C=O) groups is 1. The fourth-order valence-corrected chi connectivity index (χ4v) is 4.16. The second-order valence-electron chi connectivity index (χ2n) is 7.19. The standard InChI is InChI=1S/C18H23N3O4/c1-2-14-6-15(25-19-14)9-20-7-13-8-21(11-18(13,10-20)12-22)17(23)16-4-3-5-24-16/h3-6,13,22H,2,7-12H2,1H3. The van der Waals surface area contributed by atoms with Crippen LogP contribution in [0.25, 0.3) is 0 Å². The Labute approximate surface area is 146 Å². The van der Waals surface area contributed by atoms with Crippen LogP contribution in [0.4, 0.5) is 0 Å². The predicted octanol–water partition coefficient (Wildman–Crippen LogP) is 1.40. The van der Waals surface area contributed by atoms with Gasteiger partial charge in [-0.15, -0.1) is 0 Å². The van der Waals surface area contributed by atoms with E-state index in [1.54, 1.807) is 17.0 Å². The third-order valence-corrected chi connectivity index (χ3v) is 5.51. The quantitative estimate of drug-likeness (QED) is 0.882. The third-order valence-electron chi connectivity index (χ3n) is 5.51. The monoisotopic (exact) mass is 345 g/mol. The number of amides is 1. The minimum absolute atomic E-state index is 0.0761. The number of hydrogen-bond donors (Lipinski definition) is 1. The molecule has 2 saturated heterocycles. The first-order valence-electron chi connectivity index (χ1n) is 8.74. The van der Waals surface area contributed by atoms with Crippen molar-refractivity contribution in [2.45, 2.75) is 19.9 Å². The van der Waals surface area contributed by atoms with E-state index < -0.39 is 0 Å². The number of aliphatic hydroxyl groups excluding tert-OH is 1. The molecule has 134 valence electrons. The van der Waals surface area contributed by atoms with Crippen LogP contribution in [0.3, 0.4) is 0 Å². The Morgan fingerprint density at radius 2 is 2.32 bits per heavy atom. The van der Waals surface area contributed by atoms with Gasteiger partial charge in [-0.1, -0.05) is 12.1 Å². The molecule has 0 bridgehead atoms. The highest BCUT2D eigenvalue weighted by Crippen LogP contribution is 2.43. The van der Waals surface area contributed by atoms with Gasteiger partial charge in [0.15, 0.2) is 11.5 Å². The van der Waals surface area contributed by atoms with Crippen LogP contribution in [0.1, 0.15) is 28.9 Å². The van der Waals surface area contributed by atoms with Crippen LogP contribution >= 0.6 is 0 Å². The lowest BCUT2D eigenvalue weighted by Crippen LogP contribution is -2.38. The minimum atomic E-state index is -0.268. The van der Waals surface area contributed by atoms with Gasteiger partial charge in [-0.3, -0.25) is 9.69 Å². The second-order valence-corrected chi connectivity index (χ2v) is 7.19. The van der Waals surface area contributed by atoms with Crippen molar-refractivity contribution in [1.82, 2.24) is 15.0 Å². The largest absolute Gasteiger partial charge is 0.459 e. The van der Waals surface area contributed by atoms with Crippen molar-refractivity contribution >= 4 is 5.91 Å². The summed E-state index contributed by atoms with van der Waals surface area (Å²) in [4.78, 5) is 16.6. The van der Waals surface area contributed by atoms with Crippen LogP contribution in [0.5, 0.6) is 0 Å². The van der Waals surface area contributed by atoms with Gasteiger partial charge in [-0.2, -0.15) is 0 Å². The van der Waals surface area contributed by atoms with Crippen LogP contribution in [0.15, 0.2) is 33.4 Å².